The Labute approximate surface area is 154 Å². The number of aromatic nitrogens is 2. The highest BCUT2D eigenvalue weighted by Crippen LogP contribution is 2.20. The van der Waals surface area contributed by atoms with E-state index in [1.54, 1.807) is 36.4 Å². The van der Waals surface area contributed by atoms with Crippen LogP contribution in [0.1, 0.15) is 13.0 Å². The average molecular weight is 372 g/mol. The van der Waals surface area contributed by atoms with Crippen LogP contribution in [-0.4, -0.2) is 15.7 Å². The zero-order valence-corrected chi connectivity index (χ0v) is 14.6. The van der Waals surface area contributed by atoms with E-state index in [1.165, 1.54) is 31.2 Å². The minimum Gasteiger partial charge on any atom is -0.322 e. The summed E-state index contributed by atoms with van der Waals surface area (Å²) in [4.78, 5) is 24.6. The van der Waals surface area contributed by atoms with Crippen LogP contribution in [0.2, 0.25) is 5.02 Å². The molecule has 3 rings (SSSR count). The van der Waals surface area contributed by atoms with Crippen LogP contribution in [0.4, 0.5) is 10.1 Å². The fourth-order valence-electron chi connectivity index (χ4n) is 2.42. The number of rotatable bonds is 4. The van der Waals surface area contributed by atoms with Gasteiger partial charge in [-0.2, -0.15) is 5.10 Å². The number of hydrogen-bond acceptors (Lipinski definition) is 3. The van der Waals surface area contributed by atoms with Gasteiger partial charge in [0.05, 0.1) is 11.4 Å². The minimum atomic E-state index is -0.929. The second-order valence-electron chi connectivity index (χ2n) is 5.66. The number of para-hydroxylation sites is 1. The highest BCUT2D eigenvalue weighted by atomic mass is 35.5. The van der Waals surface area contributed by atoms with E-state index in [0.29, 0.717) is 16.3 Å². The van der Waals surface area contributed by atoms with Crippen LogP contribution < -0.4 is 10.9 Å². The zero-order chi connectivity index (χ0) is 18.7. The zero-order valence-electron chi connectivity index (χ0n) is 13.8. The monoisotopic (exact) mass is 371 g/mol. The molecule has 26 heavy (non-hydrogen) atoms. The summed E-state index contributed by atoms with van der Waals surface area (Å²) < 4.78 is 14.8. The molecular formula is C19H15ClFN3O2. The Balaban J connectivity index is 1.90. The van der Waals surface area contributed by atoms with Gasteiger partial charge >= 0.3 is 0 Å². The van der Waals surface area contributed by atoms with Crippen molar-refractivity contribution in [2.75, 3.05) is 5.32 Å². The molecule has 0 saturated carbocycles. The van der Waals surface area contributed by atoms with Crippen molar-refractivity contribution >= 4 is 23.2 Å². The summed E-state index contributed by atoms with van der Waals surface area (Å²) in [5, 5.41) is 7.26. The van der Waals surface area contributed by atoms with Gasteiger partial charge in [0.2, 0.25) is 5.91 Å². The van der Waals surface area contributed by atoms with Crippen molar-refractivity contribution in [1.82, 2.24) is 9.78 Å². The first kappa shape index (κ1) is 17.8. The number of hydrogen-bond donors (Lipinski definition) is 1. The molecule has 0 aliphatic carbocycles. The number of carbonyl (C=O) groups is 1. The Morgan fingerprint density at radius 2 is 1.92 bits per heavy atom. The smallest absolute Gasteiger partial charge is 0.267 e. The molecule has 0 saturated heterocycles. The third kappa shape index (κ3) is 3.81. The molecule has 0 radical (unpaired) electrons. The molecule has 1 aromatic heterocycles. The predicted octanol–water partition coefficient (Wildman–Crippen LogP) is 3.90. The van der Waals surface area contributed by atoms with Crippen molar-refractivity contribution in [3.05, 3.63) is 81.9 Å². The normalized spacial score (nSPS) is 11.8. The molecule has 0 aliphatic rings. The lowest BCUT2D eigenvalue weighted by Gasteiger charge is -2.15. The third-order valence-corrected chi connectivity index (χ3v) is 4.06. The summed E-state index contributed by atoms with van der Waals surface area (Å²) >= 11 is 5.99. The topological polar surface area (TPSA) is 64.0 Å². The SMILES string of the molecule is C[C@@H](C(=O)Nc1ccccc1F)n1nc(-c2cccc(Cl)c2)ccc1=O. The van der Waals surface area contributed by atoms with Gasteiger partial charge in [-0.15, -0.1) is 0 Å². The molecular weight excluding hydrogens is 357 g/mol. The van der Waals surface area contributed by atoms with Gasteiger partial charge in [-0.1, -0.05) is 35.9 Å². The number of halogens is 2. The van der Waals surface area contributed by atoms with Crippen LogP contribution >= 0.6 is 11.6 Å². The van der Waals surface area contributed by atoms with E-state index in [9.17, 15) is 14.0 Å². The fourth-order valence-corrected chi connectivity index (χ4v) is 2.61. The molecule has 1 heterocycles. The molecule has 1 N–H and O–H groups in total. The Morgan fingerprint density at radius 3 is 2.65 bits per heavy atom. The molecule has 1 amide bonds. The van der Waals surface area contributed by atoms with E-state index in [1.807, 2.05) is 0 Å². The van der Waals surface area contributed by atoms with Crippen molar-refractivity contribution in [3.63, 3.8) is 0 Å². The van der Waals surface area contributed by atoms with Gasteiger partial charge in [0, 0.05) is 16.7 Å². The average Bonchev–Trinajstić information content (AvgIpc) is 2.63. The van der Waals surface area contributed by atoms with E-state index in [2.05, 4.69) is 10.4 Å². The summed E-state index contributed by atoms with van der Waals surface area (Å²) in [5.41, 5.74) is 0.820. The van der Waals surface area contributed by atoms with Gasteiger partial charge in [-0.3, -0.25) is 9.59 Å². The van der Waals surface area contributed by atoms with E-state index in [0.717, 1.165) is 4.68 Å². The number of nitrogens with zero attached hydrogens (tertiary/aromatic N) is 2. The van der Waals surface area contributed by atoms with E-state index < -0.39 is 23.3 Å². The van der Waals surface area contributed by atoms with E-state index in [-0.39, 0.29) is 5.69 Å². The lowest BCUT2D eigenvalue weighted by Crippen LogP contribution is -2.33. The molecule has 1 atom stereocenters. The summed E-state index contributed by atoms with van der Waals surface area (Å²) in [7, 11) is 0. The third-order valence-electron chi connectivity index (χ3n) is 3.82. The van der Waals surface area contributed by atoms with Crippen LogP contribution in [-0.2, 0) is 4.79 Å². The summed E-state index contributed by atoms with van der Waals surface area (Å²) in [6.07, 6.45) is 0. The van der Waals surface area contributed by atoms with Crippen LogP contribution in [0, 0.1) is 5.82 Å². The minimum absolute atomic E-state index is 0.0448. The number of nitrogens with one attached hydrogen (secondary N) is 1. The molecule has 0 unspecified atom stereocenters. The van der Waals surface area contributed by atoms with Crippen LogP contribution in [0.3, 0.4) is 0 Å². The molecule has 0 fully saturated rings. The Hall–Kier alpha value is -2.99. The first-order valence-corrected chi connectivity index (χ1v) is 8.25. The summed E-state index contributed by atoms with van der Waals surface area (Å²) in [6.45, 7) is 1.52. The molecule has 3 aromatic rings. The summed E-state index contributed by atoms with van der Waals surface area (Å²) in [6, 6.07) is 14.8. The maximum Gasteiger partial charge on any atom is 0.267 e. The quantitative estimate of drug-likeness (QED) is 0.756. The van der Waals surface area contributed by atoms with Gasteiger partial charge in [0.25, 0.3) is 5.56 Å². The standard InChI is InChI=1S/C19H15ClFN3O2/c1-12(19(26)22-17-8-3-2-7-15(17)21)24-18(25)10-9-16(23-24)13-5-4-6-14(20)11-13/h2-12H,1H3,(H,22,26)/t12-/m0/s1. The predicted molar refractivity (Wildman–Crippen MR) is 98.7 cm³/mol. The number of anilines is 1. The van der Waals surface area contributed by atoms with Crippen molar-refractivity contribution in [2.24, 2.45) is 0 Å². The molecule has 0 bridgehead atoms. The van der Waals surface area contributed by atoms with Gasteiger partial charge in [0.1, 0.15) is 11.9 Å². The number of carbonyl (C=O) groups excluding carboxylic acids is 1. The second-order valence-corrected chi connectivity index (χ2v) is 6.09. The van der Waals surface area contributed by atoms with E-state index in [4.69, 9.17) is 11.6 Å². The first-order chi connectivity index (χ1) is 12.5. The van der Waals surface area contributed by atoms with Crippen molar-refractivity contribution in [2.45, 2.75) is 13.0 Å². The van der Waals surface area contributed by atoms with Crippen molar-refractivity contribution in [3.8, 4) is 11.3 Å². The largest absolute Gasteiger partial charge is 0.322 e. The highest BCUT2D eigenvalue weighted by Gasteiger charge is 2.19. The lowest BCUT2D eigenvalue weighted by atomic mass is 10.1. The van der Waals surface area contributed by atoms with Crippen LogP contribution in [0.25, 0.3) is 11.3 Å². The Kier molecular flexibility index (Phi) is 5.14. The van der Waals surface area contributed by atoms with Gasteiger partial charge < -0.3 is 5.32 Å². The maximum atomic E-state index is 13.7. The Morgan fingerprint density at radius 1 is 1.15 bits per heavy atom. The Bertz CT molecular complexity index is 1020. The van der Waals surface area contributed by atoms with Crippen LogP contribution in [0.15, 0.2) is 65.5 Å². The maximum absolute atomic E-state index is 13.7. The van der Waals surface area contributed by atoms with Gasteiger partial charge in [-0.05, 0) is 37.3 Å². The molecule has 132 valence electrons. The van der Waals surface area contributed by atoms with Crippen molar-refractivity contribution in [1.29, 1.82) is 0 Å². The summed E-state index contributed by atoms with van der Waals surface area (Å²) in [5.74, 6) is -1.10. The molecule has 7 heteroatoms. The van der Waals surface area contributed by atoms with Gasteiger partial charge in [-0.25, -0.2) is 9.07 Å². The van der Waals surface area contributed by atoms with E-state index >= 15 is 0 Å². The molecule has 0 spiro atoms. The van der Waals surface area contributed by atoms with Gasteiger partial charge in [0.15, 0.2) is 0 Å². The number of benzene rings is 2. The fraction of sp³-hybridized carbons (Fsp3) is 0.105. The highest BCUT2D eigenvalue weighted by molar-refractivity contribution is 6.30. The lowest BCUT2D eigenvalue weighted by molar-refractivity contribution is -0.119. The molecule has 0 aliphatic heterocycles. The molecule has 2 aromatic carbocycles. The number of amides is 1. The second kappa shape index (κ2) is 7.49. The van der Waals surface area contributed by atoms with Crippen molar-refractivity contribution < 1.29 is 9.18 Å². The van der Waals surface area contributed by atoms with Crippen LogP contribution in [0.5, 0.6) is 0 Å². The molecule has 5 nitrogen and oxygen atoms in total. The first-order valence-electron chi connectivity index (χ1n) is 7.87.